The largest absolute Gasteiger partial charge is 0.330 e. The zero-order valence-corrected chi connectivity index (χ0v) is 5.78. The van der Waals surface area contributed by atoms with Gasteiger partial charge in [0, 0.05) is 5.25 Å². The topological polar surface area (TPSA) is 26.0 Å². The van der Waals surface area contributed by atoms with E-state index in [0.29, 0.717) is 11.2 Å². The minimum absolute atomic E-state index is 0.435. The molecular formula is C5H13NS. The van der Waals surface area contributed by atoms with Crippen LogP contribution < -0.4 is 5.73 Å². The second-order valence-electron chi connectivity index (χ2n) is 1.95. The van der Waals surface area contributed by atoms with Crippen molar-refractivity contribution in [3.63, 3.8) is 0 Å². The maximum Gasteiger partial charge on any atom is 0.00261 e. The van der Waals surface area contributed by atoms with Crippen LogP contribution in [0.2, 0.25) is 0 Å². The van der Waals surface area contributed by atoms with E-state index in [4.69, 9.17) is 5.73 Å². The van der Waals surface area contributed by atoms with Gasteiger partial charge in [0.15, 0.2) is 0 Å². The Morgan fingerprint density at radius 1 is 1.57 bits per heavy atom. The first-order chi connectivity index (χ1) is 3.18. The van der Waals surface area contributed by atoms with Gasteiger partial charge in [-0.05, 0) is 12.5 Å². The Hall–Kier alpha value is 0.310. The van der Waals surface area contributed by atoms with Crippen molar-refractivity contribution in [2.75, 3.05) is 6.54 Å². The van der Waals surface area contributed by atoms with E-state index in [1.54, 1.807) is 0 Å². The van der Waals surface area contributed by atoms with Crippen LogP contribution in [0.5, 0.6) is 0 Å². The Labute approximate surface area is 50.7 Å². The molecule has 0 aromatic carbocycles. The minimum Gasteiger partial charge on any atom is -0.330 e. The third-order valence-electron chi connectivity index (χ3n) is 1.20. The highest BCUT2D eigenvalue weighted by molar-refractivity contribution is 7.80. The van der Waals surface area contributed by atoms with E-state index in [0.717, 1.165) is 6.54 Å². The van der Waals surface area contributed by atoms with E-state index in [1.165, 1.54) is 0 Å². The summed E-state index contributed by atoms with van der Waals surface area (Å²) in [6, 6.07) is 0. The molecule has 0 saturated carbocycles. The molecule has 0 aromatic rings. The maximum absolute atomic E-state index is 5.32. The quantitative estimate of drug-likeness (QED) is 0.519. The van der Waals surface area contributed by atoms with Crippen LogP contribution in [0.4, 0.5) is 0 Å². The van der Waals surface area contributed by atoms with Gasteiger partial charge in [0.25, 0.3) is 0 Å². The predicted octanol–water partition coefficient (Wildman–Crippen LogP) is 0.899. The summed E-state index contributed by atoms with van der Waals surface area (Å²) in [7, 11) is 0. The minimum atomic E-state index is 0.435. The Morgan fingerprint density at radius 3 is 2.00 bits per heavy atom. The average molecular weight is 119 g/mol. The first kappa shape index (κ1) is 7.31. The summed E-state index contributed by atoms with van der Waals surface area (Å²) < 4.78 is 0. The number of nitrogens with two attached hydrogens (primary N) is 1. The van der Waals surface area contributed by atoms with Gasteiger partial charge in [-0.1, -0.05) is 13.8 Å². The molecule has 0 bridgehead atoms. The molecule has 0 amide bonds. The van der Waals surface area contributed by atoms with Gasteiger partial charge in [-0.2, -0.15) is 12.6 Å². The lowest BCUT2D eigenvalue weighted by molar-refractivity contribution is 0.592. The lowest BCUT2D eigenvalue weighted by Crippen LogP contribution is -2.18. The maximum atomic E-state index is 5.32. The first-order valence-electron chi connectivity index (χ1n) is 2.56. The zero-order chi connectivity index (χ0) is 5.86. The van der Waals surface area contributed by atoms with E-state index in [9.17, 15) is 0 Å². The highest BCUT2D eigenvalue weighted by Gasteiger charge is 2.02. The van der Waals surface area contributed by atoms with Gasteiger partial charge in [-0.3, -0.25) is 0 Å². The van der Waals surface area contributed by atoms with E-state index >= 15 is 0 Å². The predicted molar refractivity (Wildman–Crippen MR) is 36.7 cm³/mol. The van der Waals surface area contributed by atoms with E-state index in [1.807, 2.05) is 0 Å². The van der Waals surface area contributed by atoms with Crippen molar-refractivity contribution in [2.45, 2.75) is 19.1 Å². The smallest absolute Gasteiger partial charge is 0.00261 e. The van der Waals surface area contributed by atoms with Crippen molar-refractivity contribution in [3.8, 4) is 0 Å². The van der Waals surface area contributed by atoms with Gasteiger partial charge in [-0.25, -0.2) is 0 Å². The molecule has 0 aliphatic heterocycles. The first-order valence-corrected chi connectivity index (χ1v) is 3.08. The number of hydrogen-bond donors (Lipinski definition) is 2. The molecule has 0 spiro atoms. The molecule has 0 heterocycles. The molecule has 2 N–H and O–H groups in total. The second-order valence-corrected chi connectivity index (χ2v) is 2.77. The molecule has 0 rings (SSSR count). The van der Waals surface area contributed by atoms with Crippen LogP contribution in [0.15, 0.2) is 0 Å². The molecule has 0 aliphatic carbocycles. The van der Waals surface area contributed by atoms with Crippen molar-refractivity contribution in [2.24, 2.45) is 11.7 Å². The molecule has 0 fully saturated rings. The molecule has 0 aliphatic rings. The summed E-state index contributed by atoms with van der Waals surface area (Å²) in [4.78, 5) is 0. The lowest BCUT2D eigenvalue weighted by Gasteiger charge is -2.09. The Kier molecular flexibility index (Phi) is 3.48. The summed E-state index contributed by atoms with van der Waals surface area (Å²) >= 11 is 4.19. The van der Waals surface area contributed by atoms with Gasteiger partial charge >= 0.3 is 0 Å². The van der Waals surface area contributed by atoms with Crippen LogP contribution in [0.25, 0.3) is 0 Å². The van der Waals surface area contributed by atoms with Gasteiger partial charge in [0.2, 0.25) is 0 Å². The van der Waals surface area contributed by atoms with Crippen LogP contribution in [-0.4, -0.2) is 11.8 Å². The summed E-state index contributed by atoms with van der Waals surface area (Å²) in [5.74, 6) is 0.545. The molecule has 2 unspecified atom stereocenters. The molecule has 2 heteroatoms. The van der Waals surface area contributed by atoms with Crippen LogP contribution in [0.1, 0.15) is 13.8 Å². The standard InChI is InChI=1S/C5H13NS/c1-4(3-6)5(2)7/h4-5,7H,3,6H2,1-2H3. The second kappa shape index (κ2) is 3.33. The SMILES string of the molecule is CC(S)C(C)CN. The summed E-state index contributed by atoms with van der Waals surface area (Å²) in [5.41, 5.74) is 5.32. The molecule has 44 valence electrons. The normalized spacial score (nSPS) is 18.9. The van der Waals surface area contributed by atoms with Crippen LogP contribution in [0, 0.1) is 5.92 Å². The summed E-state index contributed by atoms with van der Waals surface area (Å²) in [5, 5.41) is 0.435. The van der Waals surface area contributed by atoms with Crippen molar-refractivity contribution in [1.29, 1.82) is 0 Å². The Morgan fingerprint density at radius 2 is 2.00 bits per heavy atom. The molecule has 0 radical (unpaired) electrons. The molecule has 0 aromatic heterocycles. The molecule has 1 nitrogen and oxygen atoms in total. The average Bonchev–Trinajstić information content (AvgIpc) is 1.65. The van der Waals surface area contributed by atoms with Crippen LogP contribution >= 0.6 is 12.6 Å². The lowest BCUT2D eigenvalue weighted by atomic mass is 10.1. The number of rotatable bonds is 2. The molecular weight excluding hydrogens is 106 g/mol. The fourth-order valence-corrected chi connectivity index (χ4v) is 0.319. The monoisotopic (exact) mass is 119 g/mol. The van der Waals surface area contributed by atoms with Crippen molar-refractivity contribution < 1.29 is 0 Å². The molecule has 7 heavy (non-hydrogen) atoms. The highest BCUT2D eigenvalue weighted by atomic mass is 32.1. The van der Waals surface area contributed by atoms with Crippen molar-refractivity contribution >= 4 is 12.6 Å². The van der Waals surface area contributed by atoms with Crippen molar-refractivity contribution in [3.05, 3.63) is 0 Å². The fourth-order valence-electron chi connectivity index (χ4n) is 0.197. The third kappa shape index (κ3) is 2.94. The fraction of sp³-hybridized carbons (Fsp3) is 1.00. The third-order valence-corrected chi connectivity index (χ3v) is 1.70. The Bertz CT molecular complexity index is 45.3. The van der Waals surface area contributed by atoms with Gasteiger partial charge in [-0.15, -0.1) is 0 Å². The van der Waals surface area contributed by atoms with E-state index in [-0.39, 0.29) is 0 Å². The molecule has 2 atom stereocenters. The zero-order valence-electron chi connectivity index (χ0n) is 4.89. The highest BCUT2D eigenvalue weighted by Crippen LogP contribution is 2.05. The van der Waals surface area contributed by atoms with Gasteiger partial charge in [0.1, 0.15) is 0 Å². The number of thiol groups is 1. The van der Waals surface area contributed by atoms with Crippen molar-refractivity contribution in [1.82, 2.24) is 0 Å². The van der Waals surface area contributed by atoms with Crippen LogP contribution in [0.3, 0.4) is 0 Å². The van der Waals surface area contributed by atoms with Crippen LogP contribution in [-0.2, 0) is 0 Å². The van der Waals surface area contributed by atoms with Gasteiger partial charge < -0.3 is 5.73 Å². The Balaban J connectivity index is 3.14. The van der Waals surface area contributed by atoms with E-state index < -0.39 is 0 Å². The van der Waals surface area contributed by atoms with Gasteiger partial charge in [0.05, 0.1) is 0 Å². The number of hydrogen-bond acceptors (Lipinski definition) is 2. The molecule has 0 saturated heterocycles. The summed E-state index contributed by atoms with van der Waals surface area (Å²) in [6.45, 7) is 4.89. The summed E-state index contributed by atoms with van der Waals surface area (Å²) in [6.07, 6.45) is 0. The van der Waals surface area contributed by atoms with E-state index in [2.05, 4.69) is 26.5 Å².